The van der Waals surface area contributed by atoms with Crippen molar-refractivity contribution in [3.05, 3.63) is 187 Å². The van der Waals surface area contributed by atoms with Crippen LogP contribution >= 0.6 is 0 Å². The average Bonchev–Trinajstić information content (AvgIpc) is 3.37. The molecule has 228 valence electrons. The van der Waals surface area contributed by atoms with Gasteiger partial charge in [0.15, 0.2) is 0 Å². The normalized spacial score (nSPS) is 13.0. The van der Waals surface area contributed by atoms with Crippen LogP contribution in [0.1, 0.15) is 25.0 Å². The number of hydrogen-bond donors (Lipinski definition) is 0. The van der Waals surface area contributed by atoms with Gasteiger partial charge < -0.3 is 4.90 Å². The summed E-state index contributed by atoms with van der Waals surface area (Å²) in [6.45, 7) is 4.78. The van der Waals surface area contributed by atoms with E-state index in [4.69, 9.17) is 0 Å². The van der Waals surface area contributed by atoms with Crippen molar-refractivity contribution in [2.75, 3.05) is 4.90 Å². The number of anilines is 3. The Morgan fingerprint density at radius 3 is 1.73 bits per heavy atom. The lowest BCUT2D eigenvalue weighted by Crippen LogP contribution is -2.20. The third kappa shape index (κ3) is 4.54. The van der Waals surface area contributed by atoms with Gasteiger partial charge in [0.05, 0.1) is 11.4 Å². The van der Waals surface area contributed by atoms with Gasteiger partial charge in [-0.15, -0.1) is 0 Å². The lowest BCUT2D eigenvalue weighted by atomic mass is 9.80. The molecule has 48 heavy (non-hydrogen) atoms. The van der Waals surface area contributed by atoms with E-state index in [1.807, 2.05) is 0 Å². The van der Waals surface area contributed by atoms with Crippen molar-refractivity contribution in [3.63, 3.8) is 0 Å². The first kappa shape index (κ1) is 28.3. The minimum Gasteiger partial charge on any atom is -0.310 e. The first-order chi connectivity index (χ1) is 23.6. The summed E-state index contributed by atoms with van der Waals surface area (Å²) in [6.07, 6.45) is 0. The van der Waals surface area contributed by atoms with Gasteiger partial charge in [-0.2, -0.15) is 0 Å². The Morgan fingerprint density at radius 1 is 0.396 bits per heavy atom. The summed E-state index contributed by atoms with van der Waals surface area (Å²) in [5.74, 6) is 0. The molecule has 0 aromatic heterocycles. The Balaban J connectivity index is 1.22. The van der Waals surface area contributed by atoms with Gasteiger partial charge in [0, 0.05) is 16.5 Å². The van der Waals surface area contributed by atoms with Crippen molar-refractivity contribution in [2.45, 2.75) is 19.3 Å². The number of benzene rings is 8. The highest BCUT2D eigenvalue weighted by Crippen LogP contribution is 2.55. The van der Waals surface area contributed by atoms with E-state index in [1.165, 1.54) is 77.4 Å². The number of rotatable bonds is 5. The summed E-state index contributed by atoms with van der Waals surface area (Å²) >= 11 is 0. The molecular weight excluding hydrogens is 579 g/mol. The highest BCUT2D eigenvalue weighted by atomic mass is 15.1. The summed E-state index contributed by atoms with van der Waals surface area (Å²) in [4.78, 5) is 2.48. The quantitative estimate of drug-likeness (QED) is 0.187. The van der Waals surface area contributed by atoms with E-state index in [0.717, 1.165) is 5.69 Å². The molecule has 0 unspecified atom stereocenters. The average molecular weight is 614 g/mol. The minimum absolute atomic E-state index is 0.189. The third-order valence-electron chi connectivity index (χ3n) is 10.2. The van der Waals surface area contributed by atoms with Crippen LogP contribution in [0.2, 0.25) is 0 Å². The summed E-state index contributed by atoms with van der Waals surface area (Å²) in [5, 5.41) is 5.03. The zero-order valence-corrected chi connectivity index (χ0v) is 27.2. The molecule has 0 saturated heterocycles. The predicted molar refractivity (Wildman–Crippen MR) is 205 cm³/mol. The molecule has 8 aromatic rings. The number of fused-ring (bicyclic) bond motifs is 5. The Morgan fingerprint density at radius 2 is 0.958 bits per heavy atom. The zero-order chi connectivity index (χ0) is 32.2. The van der Waals surface area contributed by atoms with Crippen LogP contribution in [0.5, 0.6) is 0 Å². The van der Waals surface area contributed by atoms with Crippen LogP contribution in [0, 0.1) is 0 Å². The van der Waals surface area contributed by atoms with Crippen molar-refractivity contribution < 1.29 is 0 Å². The van der Waals surface area contributed by atoms with E-state index < -0.39 is 0 Å². The van der Waals surface area contributed by atoms with Crippen molar-refractivity contribution in [1.82, 2.24) is 0 Å². The SMILES string of the molecule is CC1(C)c2cc3ccccc3cc2-c2cccc(N(c3ccc(-c4cccc(-c5ccccc5)c4)cc3)c3cccc4ccccc34)c21. The van der Waals surface area contributed by atoms with Gasteiger partial charge in [-0.3, -0.25) is 0 Å². The topological polar surface area (TPSA) is 3.24 Å². The molecule has 0 atom stereocenters. The van der Waals surface area contributed by atoms with Gasteiger partial charge in [0.2, 0.25) is 0 Å². The first-order valence-electron chi connectivity index (χ1n) is 16.8. The second-order valence-electron chi connectivity index (χ2n) is 13.4. The predicted octanol–water partition coefficient (Wildman–Crippen LogP) is 13.1. The van der Waals surface area contributed by atoms with Crippen LogP contribution in [-0.2, 0) is 5.41 Å². The number of hydrogen-bond acceptors (Lipinski definition) is 1. The zero-order valence-electron chi connectivity index (χ0n) is 27.2. The van der Waals surface area contributed by atoms with Gasteiger partial charge >= 0.3 is 0 Å². The molecule has 0 bridgehead atoms. The lowest BCUT2D eigenvalue weighted by molar-refractivity contribution is 0.661. The Hall–Kier alpha value is -5.92. The van der Waals surface area contributed by atoms with Crippen LogP contribution in [-0.4, -0.2) is 0 Å². The summed E-state index contributed by atoms with van der Waals surface area (Å²) in [6, 6.07) is 64.3. The molecule has 0 heterocycles. The van der Waals surface area contributed by atoms with E-state index in [-0.39, 0.29) is 5.41 Å². The largest absolute Gasteiger partial charge is 0.310 e. The van der Waals surface area contributed by atoms with Gasteiger partial charge in [-0.25, -0.2) is 0 Å². The maximum absolute atomic E-state index is 2.48. The molecule has 9 rings (SSSR count). The van der Waals surface area contributed by atoms with Crippen molar-refractivity contribution in [3.8, 4) is 33.4 Å². The Kier molecular flexibility index (Phi) is 6.55. The second kappa shape index (κ2) is 11.1. The van der Waals surface area contributed by atoms with Gasteiger partial charge in [-0.05, 0) is 103 Å². The fraction of sp³-hybridized carbons (Fsp3) is 0.0638. The lowest BCUT2D eigenvalue weighted by Gasteiger charge is -2.33. The molecule has 0 radical (unpaired) electrons. The fourth-order valence-electron chi connectivity index (χ4n) is 7.85. The van der Waals surface area contributed by atoms with Gasteiger partial charge in [0.25, 0.3) is 0 Å². The first-order valence-corrected chi connectivity index (χ1v) is 16.8. The summed E-state index contributed by atoms with van der Waals surface area (Å²) < 4.78 is 0. The molecule has 1 aliphatic carbocycles. The van der Waals surface area contributed by atoms with Crippen LogP contribution in [0.4, 0.5) is 17.1 Å². The number of nitrogens with zero attached hydrogens (tertiary/aromatic N) is 1. The molecule has 0 N–H and O–H groups in total. The van der Waals surface area contributed by atoms with Crippen molar-refractivity contribution in [2.24, 2.45) is 0 Å². The van der Waals surface area contributed by atoms with Crippen LogP contribution < -0.4 is 4.90 Å². The molecule has 1 aliphatic rings. The van der Waals surface area contributed by atoms with E-state index in [2.05, 4.69) is 195 Å². The summed E-state index contributed by atoms with van der Waals surface area (Å²) in [7, 11) is 0. The van der Waals surface area contributed by atoms with E-state index in [1.54, 1.807) is 0 Å². The van der Waals surface area contributed by atoms with Crippen LogP contribution in [0.15, 0.2) is 176 Å². The Labute approximate surface area is 282 Å². The molecule has 0 aliphatic heterocycles. The van der Waals surface area contributed by atoms with E-state index in [9.17, 15) is 0 Å². The molecule has 1 nitrogen and oxygen atoms in total. The second-order valence-corrected chi connectivity index (χ2v) is 13.4. The van der Waals surface area contributed by atoms with E-state index in [0.29, 0.717) is 0 Å². The molecular formula is C47H35N. The fourth-order valence-corrected chi connectivity index (χ4v) is 7.85. The van der Waals surface area contributed by atoms with Crippen LogP contribution in [0.25, 0.3) is 54.9 Å². The third-order valence-corrected chi connectivity index (χ3v) is 10.2. The maximum Gasteiger partial charge on any atom is 0.0540 e. The monoisotopic (exact) mass is 613 g/mol. The molecule has 8 aromatic carbocycles. The molecule has 0 spiro atoms. The Bertz CT molecular complexity index is 2460. The smallest absolute Gasteiger partial charge is 0.0540 e. The molecule has 0 amide bonds. The van der Waals surface area contributed by atoms with Crippen LogP contribution in [0.3, 0.4) is 0 Å². The standard InChI is InChI=1S/C47H35N/c1-47(2)43-31-38-17-7-6-16-37(38)30-42(43)41-22-12-24-45(46(41)47)48(44-23-11-18-34-15-8-9-21-40(34)44)39-27-25-33(26-28-39)36-20-10-19-35(29-36)32-13-4-3-5-14-32/h3-31H,1-2H3. The highest BCUT2D eigenvalue weighted by molar-refractivity contribution is 6.02. The maximum atomic E-state index is 2.48. The van der Waals surface area contributed by atoms with E-state index >= 15 is 0 Å². The molecule has 0 saturated carbocycles. The highest BCUT2D eigenvalue weighted by Gasteiger charge is 2.39. The van der Waals surface area contributed by atoms with Crippen molar-refractivity contribution >= 4 is 38.6 Å². The molecule has 0 fully saturated rings. The summed E-state index contributed by atoms with van der Waals surface area (Å²) in [5.41, 5.74) is 13.6. The van der Waals surface area contributed by atoms with Gasteiger partial charge in [0.1, 0.15) is 0 Å². The van der Waals surface area contributed by atoms with Crippen molar-refractivity contribution in [1.29, 1.82) is 0 Å². The van der Waals surface area contributed by atoms with Gasteiger partial charge in [-0.1, -0.05) is 147 Å². The molecule has 1 heteroatoms. The minimum atomic E-state index is -0.189.